The molecule has 1 amide bonds. The molecule has 0 unspecified atom stereocenters. The molecule has 2 N–H and O–H groups in total. The van der Waals surface area contributed by atoms with Crippen LogP contribution in [0.5, 0.6) is 0 Å². The maximum absolute atomic E-state index is 13.2. The lowest BCUT2D eigenvalue weighted by Gasteiger charge is -2.57. The molecule has 33 heavy (non-hydrogen) atoms. The van der Waals surface area contributed by atoms with E-state index in [1.807, 2.05) is 0 Å². The molecule has 1 aromatic carbocycles. The number of hydrogen-bond donors (Lipinski definition) is 2. The molecule has 4 aliphatic rings. The summed E-state index contributed by atoms with van der Waals surface area (Å²) in [5.41, 5.74) is 0.215. The summed E-state index contributed by atoms with van der Waals surface area (Å²) in [5, 5.41) is 14.1. The van der Waals surface area contributed by atoms with Crippen LogP contribution < -0.4 is 5.32 Å². The highest BCUT2D eigenvalue weighted by atomic mass is 19.1. The second-order valence-electron chi connectivity index (χ2n) is 11.9. The highest BCUT2D eigenvalue weighted by Gasteiger charge is 2.57. The van der Waals surface area contributed by atoms with Crippen LogP contribution >= 0.6 is 0 Å². The number of carbonyl (C=O) groups is 1. The van der Waals surface area contributed by atoms with Gasteiger partial charge < -0.3 is 15.2 Å². The second kappa shape index (κ2) is 8.96. The van der Waals surface area contributed by atoms with Crippen LogP contribution in [0.25, 0.3) is 0 Å². The first-order valence-corrected chi connectivity index (χ1v) is 13.1. The molecule has 0 saturated heterocycles. The number of fused-ring (bicyclic) bond motifs is 5. The number of rotatable bonds is 5. The van der Waals surface area contributed by atoms with Gasteiger partial charge in [0.2, 0.25) is 0 Å². The molecule has 4 fully saturated rings. The van der Waals surface area contributed by atoms with Crippen molar-refractivity contribution in [3.05, 3.63) is 35.6 Å². The van der Waals surface area contributed by atoms with Crippen LogP contribution in [0.1, 0.15) is 75.1 Å². The average molecular weight is 458 g/mol. The summed E-state index contributed by atoms with van der Waals surface area (Å²) in [6.45, 7) is 3.67. The Bertz CT molecular complexity index is 859. The zero-order chi connectivity index (χ0) is 23.2. The van der Waals surface area contributed by atoms with Gasteiger partial charge in [-0.2, -0.15) is 0 Å². The van der Waals surface area contributed by atoms with Gasteiger partial charge >= 0.3 is 0 Å². The Kier molecular flexibility index (Phi) is 6.32. The van der Waals surface area contributed by atoms with E-state index in [1.54, 1.807) is 19.2 Å². The molecule has 0 heterocycles. The van der Waals surface area contributed by atoms with Crippen LogP contribution in [-0.4, -0.2) is 36.9 Å². The van der Waals surface area contributed by atoms with Crippen molar-refractivity contribution in [3.63, 3.8) is 0 Å². The Morgan fingerprint density at radius 3 is 2.58 bits per heavy atom. The number of amides is 1. The Labute approximate surface area is 197 Å². The van der Waals surface area contributed by atoms with Gasteiger partial charge in [0.15, 0.2) is 0 Å². The summed E-state index contributed by atoms with van der Waals surface area (Å²) in [6, 6.07) is 5.82. The van der Waals surface area contributed by atoms with Gasteiger partial charge in [0.05, 0.1) is 12.2 Å². The molecule has 5 heteroatoms. The van der Waals surface area contributed by atoms with Gasteiger partial charge in [-0.1, -0.05) is 6.92 Å². The molecule has 1 aromatic rings. The number of halogens is 1. The first kappa shape index (κ1) is 23.3. The van der Waals surface area contributed by atoms with E-state index in [0.29, 0.717) is 29.4 Å². The highest BCUT2D eigenvalue weighted by Crippen LogP contribution is 2.64. The van der Waals surface area contributed by atoms with Gasteiger partial charge in [0.25, 0.3) is 5.91 Å². The highest BCUT2D eigenvalue weighted by molar-refractivity contribution is 5.94. The largest absolute Gasteiger partial charge is 0.387 e. The molecule has 0 aliphatic heterocycles. The summed E-state index contributed by atoms with van der Waals surface area (Å²) in [5.74, 6) is 3.89. The van der Waals surface area contributed by atoms with E-state index in [2.05, 4.69) is 12.2 Å². The van der Waals surface area contributed by atoms with Crippen molar-refractivity contribution in [2.75, 3.05) is 20.3 Å². The lowest BCUT2D eigenvalue weighted by Crippen LogP contribution is -2.52. The molecule has 4 nitrogen and oxygen atoms in total. The van der Waals surface area contributed by atoms with Gasteiger partial charge in [-0.05, 0) is 123 Å². The number of ether oxygens (including phenoxy) is 1. The minimum Gasteiger partial charge on any atom is -0.387 e. The van der Waals surface area contributed by atoms with Crippen molar-refractivity contribution in [1.29, 1.82) is 0 Å². The number of methoxy groups -OCH3 is 1. The van der Waals surface area contributed by atoms with E-state index < -0.39 is 5.60 Å². The van der Waals surface area contributed by atoms with Crippen molar-refractivity contribution in [3.8, 4) is 0 Å². The molecule has 0 aromatic heterocycles. The van der Waals surface area contributed by atoms with Crippen molar-refractivity contribution in [2.24, 2.45) is 40.9 Å². The molecule has 0 spiro atoms. The number of benzene rings is 1. The number of hydrogen-bond acceptors (Lipinski definition) is 3. The van der Waals surface area contributed by atoms with E-state index in [9.17, 15) is 14.3 Å². The standard InChI is InChI=1S/C28H40FNO3/c1-27-13-11-23-22-12-14-28(32,17-33-2)15-19(22)5-9-24(23)25(27)10-6-20(27)16-30-26(31)18-3-7-21(29)8-4-18/h3-4,7-8,19-20,22-25,32H,5-6,9-17H2,1-2H3,(H,30,31)/t19-,20-,22+,23-,24-,25+,27-,28-/m1/s1. The third-order valence-corrected chi connectivity index (χ3v) is 10.3. The van der Waals surface area contributed by atoms with Crippen molar-refractivity contribution < 1.29 is 19.0 Å². The summed E-state index contributed by atoms with van der Waals surface area (Å²) >= 11 is 0. The van der Waals surface area contributed by atoms with E-state index >= 15 is 0 Å². The summed E-state index contributed by atoms with van der Waals surface area (Å²) < 4.78 is 18.5. The first-order valence-electron chi connectivity index (χ1n) is 13.1. The maximum atomic E-state index is 13.2. The smallest absolute Gasteiger partial charge is 0.251 e. The van der Waals surface area contributed by atoms with Crippen LogP contribution in [-0.2, 0) is 4.74 Å². The topological polar surface area (TPSA) is 58.6 Å². The van der Waals surface area contributed by atoms with E-state index in [4.69, 9.17) is 4.74 Å². The van der Waals surface area contributed by atoms with Crippen molar-refractivity contribution in [1.82, 2.24) is 5.32 Å². The Morgan fingerprint density at radius 2 is 1.82 bits per heavy atom. The SMILES string of the molecule is COC[C@@]1(O)CC[C@H]2[C@H](CC[C@@H]3[C@@H]2CC[C@]2(C)[C@@H](CNC(=O)c4ccc(F)cc4)CC[C@@H]32)C1. The van der Waals surface area contributed by atoms with Crippen LogP contribution in [0.15, 0.2) is 24.3 Å². The van der Waals surface area contributed by atoms with Gasteiger partial charge in [0, 0.05) is 19.2 Å². The fourth-order valence-electron chi connectivity index (χ4n) is 8.73. The molecular weight excluding hydrogens is 417 g/mol. The van der Waals surface area contributed by atoms with Crippen molar-refractivity contribution in [2.45, 2.75) is 70.3 Å². The molecule has 8 atom stereocenters. The van der Waals surface area contributed by atoms with Gasteiger partial charge in [-0.15, -0.1) is 0 Å². The van der Waals surface area contributed by atoms with Crippen LogP contribution in [0.2, 0.25) is 0 Å². The van der Waals surface area contributed by atoms with Crippen LogP contribution in [0.4, 0.5) is 4.39 Å². The van der Waals surface area contributed by atoms with Gasteiger partial charge in [0.1, 0.15) is 5.82 Å². The molecule has 5 rings (SSSR count). The van der Waals surface area contributed by atoms with E-state index in [-0.39, 0.29) is 11.7 Å². The first-order chi connectivity index (χ1) is 15.8. The van der Waals surface area contributed by atoms with Crippen LogP contribution in [0, 0.1) is 46.7 Å². The lowest BCUT2D eigenvalue weighted by atomic mass is 9.49. The summed E-state index contributed by atoms with van der Waals surface area (Å²) in [6.07, 6.45) is 10.5. The molecule has 4 saturated carbocycles. The molecule has 0 bridgehead atoms. The third kappa shape index (κ3) is 4.25. The van der Waals surface area contributed by atoms with E-state index in [0.717, 1.165) is 49.5 Å². The fraction of sp³-hybridized carbons (Fsp3) is 0.750. The summed E-state index contributed by atoms with van der Waals surface area (Å²) in [4.78, 5) is 12.6. The monoisotopic (exact) mass is 457 g/mol. The van der Waals surface area contributed by atoms with Gasteiger partial charge in [-0.25, -0.2) is 4.39 Å². The van der Waals surface area contributed by atoms with Crippen LogP contribution in [0.3, 0.4) is 0 Å². The molecule has 0 radical (unpaired) electrons. The minimum absolute atomic E-state index is 0.0954. The molecule has 182 valence electrons. The minimum atomic E-state index is -0.618. The molecule has 4 aliphatic carbocycles. The Hall–Kier alpha value is -1.46. The van der Waals surface area contributed by atoms with Gasteiger partial charge in [-0.3, -0.25) is 4.79 Å². The second-order valence-corrected chi connectivity index (χ2v) is 11.9. The Morgan fingerprint density at radius 1 is 1.06 bits per heavy atom. The third-order valence-electron chi connectivity index (χ3n) is 10.3. The number of carbonyl (C=O) groups excluding carboxylic acids is 1. The normalized spacial score (nSPS) is 42.2. The fourth-order valence-corrected chi connectivity index (χ4v) is 8.73. The number of nitrogens with one attached hydrogen (secondary N) is 1. The quantitative estimate of drug-likeness (QED) is 0.639. The number of aliphatic hydroxyl groups is 1. The Balaban J connectivity index is 1.22. The molecular formula is C28H40FNO3. The predicted molar refractivity (Wildman–Crippen MR) is 126 cm³/mol. The maximum Gasteiger partial charge on any atom is 0.251 e. The average Bonchev–Trinajstić information content (AvgIpc) is 3.14. The van der Waals surface area contributed by atoms with Crippen molar-refractivity contribution >= 4 is 5.91 Å². The predicted octanol–water partition coefficient (Wildman–Crippen LogP) is 5.20. The zero-order valence-electron chi connectivity index (χ0n) is 20.2. The van der Waals surface area contributed by atoms with E-state index in [1.165, 1.54) is 50.7 Å². The lowest BCUT2D eigenvalue weighted by molar-refractivity contribution is -0.124. The summed E-state index contributed by atoms with van der Waals surface area (Å²) in [7, 11) is 1.70. The zero-order valence-corrected chi connectivity index (χ0v) is 20.2.